The Kier molecular flexibility index (Phi) is 5.70. The molecule has 0 spiro atoms. The number of benzene rings is 2. The number of carboxylic acid groups (broad SMARTS) is 1. The minimum absolute atomic E-state index is 0.0108. The molecule has 126 valence electrons. The number of para-hydroxylation sites is 1. The minimum atomic E-state index is -4.11. The summed E-state index contributed by atoms with van der Waals surface area (Å²) in [5.74, 6) is -2.06. The molecule has 0 aliphatic carbocycles. The van der Waals surface area contributed by atoms with Gasteiger partial charge < -0.3 is 9.90 Å². The van der Waals surface area contributed by atoms with E-state index in [2.05, 4.69) is 0 Å². The molecule has 2 aromatic rings. The summed E-state index contributed by atoms with van der Waals surface area (Å²) in [4.78, 5) is 22.5. The lowest BCUT2D eigenvalue weighted by atomic mass is 10.1. The summed E-state index contributed by atoms with van der Waals surface area (Å²) in [5, 5.41) is 9.60. The number of sulfonamides is 1. The van der Waals surface area contributed by atoms with Crippen molar-refractivity contribution in [3.63, 3.8) is 0 Å². The molecule has 2 aromatic carbocycles. The molecule has 0 saturated heterocycles. The van der Waals surface area contributed by atoms with Crippen LogP contribution in [0.25, 0.3) is 0 Å². The average molecular weight is 347 g/mol. The van der Waals surface area contributed by atoms with Gasteiger partial charge in [-0.3, -0.25) is 4.31 Å². The Balaban J connectivity index is 2.50. The molecular weight excluding hydrogens is 330 g/mol. The smallest absolute Gasteiger partial charge is 0.327 e. The molecule has 0 saturated carbocycles. The lowest BCUT2D eigenvalue weighted by Gasteiger charge is -2.29. The van der Waals surface area contributed by atoms with Crippen LogP contribution in [0.5, 0.6) is 0 Å². The molecule has 2 rings (SSSR count). The maximum atomic E-state index is 12.5. The zero-order chi connectivity index (χ0) is 17.6. The number of carbonyl (C=O) groups is 2. The third kappa shape index (κ3) is 4.20. The summed E-state index contributed by atoms with van der Waals surface area (Å²) < 4.78 is 25.8. The van der Waals surface area contributed by atoms with Gasteiger partial charge in [0.15, 0.2) is 0 Å². The van der Waals surface area contributed by atoms with Gasteiger partial charge in [0.1, 0.15) is 18.1 Å². The topological polar surface area (TPSA) is 91.8 Å². The van der Waals surface area contributed by atoms with Gasteiger partial charge >= 0.3 is 5.97 Å². The lowest BCUT2D eigenvalue weighted by Crippen LogP contribution is -2.47. The molecule has 7 heteroatoms. The van der Waals surface area contributed by atoms with Crippen molar-refractivity contribution in [1.82, 2.24) is 0 Å². The van der Waals surface area contributed by atoms with E-state index in [0.717, 1.165) is 4.31 Å². The van der Waals surface area contributed by atoms with Crippen molar-refractivity contribution in [1.29, 1.82) is 0 Å². The van der Waals surface area contributed by atoms with Crippen molar-refractivity contribution in [2.45, 2.75) is 12.5 Å². The Morgan fingerprint density at radius 1 is 1.04 bits per heavy atom. The Bertz CT molecular complexity index is 790. The van der Waals surface area contributed by atoms with E-state index in [9.17, 15) is 23.1 Å². The second kappa shape index (κ2) is 7.74. The third-order valence-corrected chi connectivity index (χ3v) is 5.05. The van der Waals surface area contributed by atoms with Crippen molar-refractivity contribution in [3.05, 3.63) is 66.2 Å². The van der Waals surface area contributed by atoms with Gasteiger partial charge in [-0.1, -0.05) is 48.5 Å². The monoisotopic (exact) mass is 347 g/mol. The van der Waals surface area contributed by atoms with Crippen LogP contribution in [0.3, 0.4) is 0 Å². The molecule has 0 aromatic heterocycles. The zero-order valence-electron chi connectivity index (χ0n) is 12.8. The van der Waals surface area contributed by atoms with E-state index in [1.807, 2.05) is 0 Å². The molecule has 0 fully saturated rings. The fourth-order valence-corrected chi connectivity index (χ4v) is 3.71. The summed E-state index contributed by atoms with van der Waals surface area (Å²) in [6, 6.07) is 15.3. The number of rotatable bonds is 8. The number of aliphatic carboxylic acids is 1. The molecule has 6 nitrogen and oxygen atoms in total. The second-order valence-corrected chi connectivity index (χ2v) is 7.01. The van der Waals surface area contributed by atoms with E-state index in [-0.39, 0.29) is 18.4 Å². The largest absolute Gasteiger partial charge is 0.480 e. The quantitative estimate of drug-likeness (QED) is 0.734. The molecule has 1 N–H and O–H groups in total. The molecule has 0 amide bonds. The van der Waals surface area contributed by atoms with E-state index < -0.39 is 27.8 Å². The Labute approximate surface area is 140 Å². The van der Waals surface area contributed by atoms with Crippen LogP contribution >= 0.6 is 0 Å². The molecule has 0 aliphatic rings. The first-order chi connectivity index (χ1) is 11.5. The summed E-state index contributed by atoms with van der Waals surface area (Å²) in [7, 11) is -4.11. The van der Waals surface area contributed by atoms with Crippen molar-refractivity contribution >= 4 is 28.0 Å². The first-order valence-electron chi connectivity index (χ1n) is 7.23. The number of anilines is 1. The molecule has 1 unspecified atom stereocenters. The van der Waals surface area contributed by atoms with Crippen LogP contribution in [0.4, 0.5) is 5.69 Å². The second-order valence-electron chi connectivity index (χ2n) is 5.12. The predicted octanol–water partition coefficient (Wildman–Crippen LogP) is 1.72. The van der Waals surface area contributed by atoms with Crippen LogP contribution in [0.1, 0.15) is 5.56 Å². The molecule has 0 bridgehead atoms. The van der Waals surface area contributed by atoms with Gasteiger partial charge in [-0.25, -0.2) is 13.2 Å². The summed E-state index contributed by atoms with van der Waals surface area (Å²) in [6.45, 7) is 0. The Morgan fingerprint density at radius 3 is 2.08 bits per heavy atom. The molecule has 0 heterocycles. The van der Waals surface area contributed by atoms with Crippen LogP contribution in [-0.4, -0.2) is 37.6 Å². The Hall–Kier alpha value is -2.67. The van der Waals surface area contributed by atoms with E-state index in [1.54, 1.807) is 48.5 Å². The maximum absolute atomic E-state index is 12.5. The van der Waals surface area contributed by atoms with E-state index in [1.165, 1.54) is 12.1 Å². The lowest BCUT2D eigenvalue weighted by molar-refractivity contribution is -0.138. The van der Waals surface area contributed by atoms with Crippen LogP contribution in [0.15, 0.2) is 60.7 Å². The highest BCUT2D eigenvalue weighted by Gasteiger charge is 2.34. The minimum Gasteiger partial charge on any atom is -0.480 e. The SMILES string of the molecule is O=CCS(=O)(=O)N(c1ccccc1)C(Cc1ccccc1)C(=O)O. The molecule has 0 aliphatic heterocycles. The number of hydrogen-bond donors (Lipinski definition) is 1. The fourth-order valence-electron chi connectivity index (χ4n) is 2.38. The molecule has 24 heavy (non-hydrogen) atoms. The fraction of sp³-hybridized carbons (Fsp3) is 0.176. The number of carbonyl (C=O) groups excluding carboxylic acids is 1. The van der Waals surface area contributed by atoms with Gasteiger partial charge in [-0.2, -0.15) is 0 Å². The zero-order valence-corrected chi connectivity index (χ0v) is 13.6. The Morgan fingerprint density at radius 2 is 1.58 bits per heavy atom. The average Bonchev–Trinajstić information content (AvgIpc) is 2.56. The van der Waals surface area contributed by atoms with Crippen LogP contribution < -0.4 is 4.31 Å². The van der Waals surface area contributed by atoms with Crippen molar-refractivity contribution in [2.75, 3.05) is 10.1 Å². The highest BCUT2D eigenvalue weighted by molar-refractivity contribution is 7.93. The van der Waals surface area contributed by atoms with Gasteiger partial charge in [-0.15, -0.1) is 0 Å². The van der Waals surface area contributed by atoms with Crippen molar-refractivity contribution in [3.8, 4) is 0 Å². The van der Waals surface area contributed by atoms with Gasteiger partial charge in [-0.05, 0) is 17.7 Å². The number of hydrogen-bond acceptors (Lipinski definition) is 4. The molecule has 1 atom stereocenters. The first kappa shape index (κ1) is 17.7. The number of carboxylic acids is 1. The van der Waals surface area contributed by atoms with Gasteiger partial charge in [0.25, 0.3) is 0 Å². The number of nitrogens with zero attached hydrogens (tertiary/aromatic N) is 1. The van der Waals surface area contributed by atoms with Crippen molar-refractivity contribution in [2.24, 2.45) is 0 Å². The first-order valence-corrected chi connectivity index (χ1v) is 8.84. The van der Waals surface area contributed by atoms with E-state index in [4.69, 9.17) is 0 Å². The van der Waals surface area contributed by atoms with Gasteiger partial charge in [0.2, 0.25) is 10.0 Å². The predicted molar refractivity (Wildman–Crippen MR) is 90.3 cm³/mol. The van der Waals surface area contributed by atoms with E-state index >= 15 is 0 Å². The maximum Gasteiger partial charge on any atom is 0.327 e. The highest BCUT2D eigenvalue weighted by atomic mass is 32.2. The van der Waals surface area contributed by atoms with Crippen LogP contribution in [-0.2, 0) is 26.0 Å². The summed E-state index contributed by atoms with van der Waals surface area (Å²) in [5.41, 5.74) is 0.898. The normalized spacial score (nSPS) is 12.3. The summed E-state index contributed by atoms with van der Waals surface area (Å²) in [6.07, 6.45) is 0.246. The highest BCUT2D eigenvalue weighted by Crippen LogP contribution is 2.23. The van der Waals surface area contributed by atoms with Gasteiger partial charge in [0, 0.05) is 6.42 Å². The van der Waals surface area contributed by atoms with Crippen molar-refractivity contribution < 1.29 is 23.1 Å². The number of aldehydes is 1. The summed E-state index contributed by atoms with van der Waals surface area (Å²) >= 11 is 0. The third-order valence-electron chi connectivity index (χ3n) is 3.43. The van der Waals surface area contributed by atoms with Crippen LogP contribution in [0, 0.1) is 0 Å². The molecule has 0 radical (unpaired) electrons. The van der Waals surface area contributed by atoms with Crippen LogP contribution in [0.2, 0.25) is 0 Å². The molecular formula is C17H17NO5S. The van der Waals surface area contributed by atoms with Gasteiger partial charge in [0.05, 0.1) is 5.69 Å². The van der Waals surface area contributed by atoms with E-state index in [0.29, 0.717) is 5.56 Å². The standard InChI is InChI=1S/C17H17NO5S/c19-11-12-24(22,23)18(15-9-5-2-6-10-15)16(17(20)21)13-14-7-3-1-4-8-14/h1-11,16H,12-13H2,(H,20,21).